The van der Waals surface area contributed by atoms with Gasteiger partial charge in [-0.2, -0.15) is 0 Å². The quantitative estimate of drug-likeness (QED) is 0.495. The zero-order valence-electron chi connectivity index (χ0n) is 19.7. The molecule has 0 fully saturated rings. The lowest BCUT2D eigenvalue weighted by molar-refractivity contribution is -0.142. The molecule has 0 bridgehead atoms. The predicted molar refractivity (Wildman–Crippen MR) is 129 cm³/mol. The third-order valence-electron chi connectivity index (χ3n) is 5.82. The van der Waals surface area contributed by atoms with Gasteiger partial charge in [0.2, 0.25) is 0 Å². The first-order valence-corrected chi connectivity index (χ1v) is 12.6. The fraction of sp³-hybridized carbons (Fsp3) is 0.346. The van der Waals surface area contributed by atoms with Crippen molar-refractivity contribution in [1.82, 2.24) is 4.98 Å². The highest BCUT2D eigenvalue weighted by Crippen LogP contribution is 2.41. The van der Waals surface area contributed by atoms with E-state index in [4.69, 9.17) is 4.74 Å². The minimum Gasteiger partial charge on any atom is -0.482 e. The summed E-state index contributed by atoms with van der Waals surface area (Å²) in [6, 6.07) is 18.5. The summed E-state index contributed by atoms with van der Waals surface area (Å²) in [6.07, 6.45) is 3.20. The second-order valence-corrected chi connectivity index (χ2v) is 11.4. The van der Waals surface area contributed by atoms with E-state index in [9.17, 15) is 13.2 Å². The SMILES string of the molecule is COC(=O)COc1cccc(C(Cc2ccc(C(C)(C)C)cc2)(c2ccc[nH]2)S(C)(=O)=O)c1. The highest BCUT2D eigenvalue weighted by molar-refractivity contribution is 7.91. The van der Waals surface area contributed by atoms with Gasteiger partial charge in [-0.15, -0.1) is 0 Å². The fourth-order valence-electron chi connectivity index (χ4n) is 3.93. The number of carbonyl (C=O) groups is 1. The maximum atomic E-state index is 13.5. The molecule has 1 aromatic heterocycles. The first kappa shape index (κ1) is 24.6. The first-order valence-electron chi connectivity index (χ1n) is 10.7. The molecule has 0 saturated carbocycles. The van der Waals surface area contributed by atoms with Crippen molar-refractivity contribution in [2.45, 2.75) is 37.4 Å². The first-order chi connectivity index (χ1) is 15.5. The summed E-state index contributed by atoms with van der Waals surface area (Å²) in [7, 11) is -2.39. The van der Waals surface area contributed by atoms with Crippen LogP contribution in [0.25, 0.3) is 0 Å². The average molecular weight is 470 g/mol. The molecule has 6 nitrogen and oxygen atoms in total. The molecule has 0 spiro atoms. The van der Waals surface area contributed by atoms with Crippen LogP contribution in [0.3, 0.4) is 0 Å². The molecular weight excluding hydrogens is 438 g/mol. The third-order valence-corrected chi connectivity index (χ3v) is 7.69. The molecule has 176 valence electrons. The molecule has 1 heterocycles. The second-order valence-electron chi connectivity index (χ2n) is 9.20. The number of rotatable bonds is 8. The van der Waals surface area contributed by atoms with E-state index in [1.54, 1.807) is 42.6 Å². The van der Waals surface area contributed by atoms with Crippen LogP contribution in [0.4, 0.5) is 0 Å². The molecular formula is C26H31NO5S. The van der Waals surface area contributed by atoms with E-state index in [0.29, 0.717) is 17.0 Å². The second kappa shape index (κ2) is 9.43. The van der Waals surface area contributed by atoms with E-state index < -0.39 is 20.6 Å². The van der Waals surface area contributed by atoms with E-state index >= 15 is 0 Å². The van der Waals surface area contributed by atoms with Gasteiger partial charge >= 0.3 is 5.97 Å². The lowest BCUT2D eigenvalue weighted by Gasteiger charge is -2.33. The smallest absolute Gasteiger partial charge is 0.343 e. The summed E-state index contributed by atoms with van der Waals surface area (Å²) < 4.78 is 35.8. The minimum absolute atomic E-state index is 0.00276. The molecule has 0 aliphatic rings. The zero-order valence-corrected chi connectivity index (χ0v) is 20.5. The van der Waals surface area contributed by atoms with Crippen molar-refractivity contribution in [3.8, 4) is 5.75 Å². The summed E-state index contributed by atoms with van der Waals surface area (Å²) in [5.74, 6) is -0.126. The molecule has 1 N–H and O–H groups in total. The van der Waals surface area contributed by atoms with Crippen LogP contribution in [0.15, 0.2) is 66.9 Å². The van der Waals surface area contributed by atoms with Crippen molar-refractivity contribution in [2.24, 2.45) is 0 Å². The number of hydrogen-bond acceptors (Lipinski definition) is 5. The Bertz CT molecular complexity index is 1190. The summed E-state index contributed by atoms with van der Waals surface area (Å²) in [6.45, 7) is 6.16. The van der Waals surface area contributed by atoms with Gasteiger partial charge in [-0.05, 0) is 46.4 Å². The lowest BCUT2D eigenvalue weighted by Crippen LogP contribution is -2.39. The number of methoxy groups -OCH3 is 1. The van der Waals surface area contributed by atoms with Crippen molar-refractivity contribution in [3.63, 3.8) is 0 Å². The molecule has 3 rings (SSSR count). The number of benzene rings is 2. The number of aromatic amines is 1. The largest absolute Gasteiger partial charge is 0.482 e. The van der Waals surface area contributed by atoms with Gasteiger partial charge in [-0.25, -0.2) is 13.2 Å². The highest BCUT2D eigenvalue weighted by Gasteiger charge is 2.45. The Hall–Kier alpha value is -3.06. The maximum absolute atomic E-state index is 13.5. The van der Waals surface area contributed by atoms with Gasteiger partial charge in [-0.3, -0.25) is 0 Å². The standard InChI is InChI=1S/C26H31NO5S/c1-25(2,3)20-13-11-19(12-14-20)17-26(33(5,29)30,23-10-7-15-27-23)21-8-6-9-22(16-21)32-18-24(28)31-4/h6-16,27H,17-18H2,1-5H3. The molecule has 0 radical (unpaired) electrons. The molecule has 1 unspecified atom stereocenters. The molecule has 0 saturated heterocycles. The van der Waals surface area contributed by atoms with Crippen LogP contribution in [0.5, 0.6) is 5.75 Å². The molecule has 0 amide bonds. The van der Waals surface area contributed by atoms with Crippen molar-refractivity contribution in [2.75, 3.05) is 20.0 Å². The third kappa shape index (κ3) is 5.30. The molecule has 0 aliphatic heterocycles. The Morgan fingerprint density at radius 1 is 0.970 bits per heavy atom. The Morgan fingerprint density at radius 2 is 1.67 bits per heavy atom. The van der Waals surface area contributed by atoms with E-state index in [-0.39, 0.29) is 18.4 Å². The van der Waals surface area contributed by atoms with Crippen LogP contribution < -0.4 is 4.74 Å². The molecule has 3 aromatic rings. The van der Waals surface area contributed by atoms with Crippen molar-refractivity contribution >= 4 is 15.8 Å². The van der Waals surface area contributed by atoms with Crippen molar-refractivity contribution < 1.29 is 22.7 Å². The number of esters is 1. The van der Waals surface area contributed by atoms with Gasteiger partial charge in [0.05, 0.1) is 7.11 Å². The highest BCUT2D eigenvalue weighted by atomic mass is 32.2. The predicted octanol–water partition coefficient (Wildman–Crippen LogP) is 4.39. The van der Waals surface area contributed by atoms with Gasteiger partial charge in [0, 0.05) is 24.6 Å². The number of carbonyl (C=O) groups excluding carboxylic acids is 1. The Morgan fingerprint density at radius 3 is 2.21 bits per heavy atom. The van der Waals surface area contributed by atoms with Crippen LogP contribution in [0, 0.1) is 0 Å². The Kier molecular flexibility index (Phi) is 7.03. The van der Waals surface area contributed by atoms with Gasteiger partial charge < -0.3 is 14.5 Å². The van der Waals surface area contributed by atoms with Gasteiger partial charge in [0.25, 0.3) is 0 Å². The number of aromatic nitrogens is 1. The minimum atomic E-state index is -3.67. The van der Waals surface area contributed by atoms with Gasteiger partial charge in [-0.1, -0.05) is 57.2 Å². The van der Waals surface area contributed by atoms with Crippen molar-refractivity contribution in [1.29, 1.82) is 0 Å². The molecule has 33 heavy (non-hydrogen) atoms. The van der Waals surface area contributed by atoms with E-state index in [2.05, 4.69) is 30.5 Å². The summed E-state index contributed by atoms with van der Waals surface area (Å²) in [4.78, 5) is 14.6. The summed E-state index contributed by atoms with van der Waals surface area (Å²) in [5, 5.41) is 0. The summed E-state index contributed by atoms with van der Waals surface area (Å²) in [5.41, 5.74) is 3.18. The average Bonchev–Trinajstić information content (AvgIpc) is 3.30. The van der Waals surface area contributed by atoms with Crippen molar-refractivity contribution in [3.05, 3.63) is 89.2 Å². The van der Waals surface area contributed by atoms with Crippen LogP contribution in [0.2, 0.25) is 0 Å². The number of H-pyrrole nitrogens is 1. The number of hydrogen-bond donors (Lipinski definition) is 1. The molecule has 0 aliphatic carbocycles. The number of sulfone groups is 1. The van der Waals surface area contributed by atoms with Crippen LogP contribution in [-0.2, 0) is 36.0 Å². The Balaban J connectivity index is 2.12. The monoisotopic (exact) mass is 469 g/mol. The molecule has 7 heteroatoms. The lowest BCUT2D eigenvalue weighted by atomic mass is 9.84. The van der Waals surface area contributed by atoms with E-state index in [1.165, 1.54) is 18.9 Å². The zero-order chi connectivity index (χ0) is 24.3. The molecule has 1 atom stereocenters. The van der Waals surface area contributed by atoms with E-state index in [1.807, 2.05) is 24.3 Å². The van der Waals surface area contributed by atoms with Crippen LogP contribution >= 0.6 is 0 Å². The van der Waals surface area contributed by atoms with Gasteiger partial charge in [0.1, 0.15) is 10.5 Å². The Labute approximate surface area is 195 Å². The van der Waals surface area contributed by atoms with E-state index in [0.717, 1.165) is 5.56 Å². The topological polar surface area (TPSA) is 85.5 Å². The fourth-order valence-corrected chi connectivity index (χ4v) is 5.44. The van der Waals surface area contributed by atoms with Crippen LogP contribution in [0.1, 0.15) is 43.2 Å². The normalized spacial score (nSPS) is 13.8. The summed E-state index contributed by atoms with van der Waals surface area (Å²) >= 11 is 0. The maximum Gasteiger partial charge on any atom is 0.343 e. The molecule has 2 aromatic carbocycles. The number of ether oxygens (including phenoxy) is 2. The van der Waals surface area contributed by atoms with Gasteiger partial charge in [0.15, 0.2) is 16.4 Å². The number of nitrogens with one attached hydrogen (secondary N) is 1. The van der Waals surface area contributed by atoms with Crippen LogP contribution in [-0.4, -0.2) is 39.3 Å².